The summed E-state index contributed by atoms with van der Waals surface area (Å²) in [6, 6.07) is 3.73. The van der Waals surface area contributed by atoms with E-state index < -0.39 is 11.6 Å². The molecule has 1 N–H and O–H groups in total. The van der Waals surface area contributed by atoms with E-state index in [0.29, 0.717) is 25.2 Å². The zero-order valence-corrected chi connectivity index (χ0v) is 10.9. The monoisotopic (exact) mass is 250 g/mol. The van der Waals surface area contributed by atoms with Crippen molar-refractivity contribution >= 4 is 11.9 Å². The lowest BCUT2D eigenvalue weighted by atomic mass is 10.1. The molecular weight excluding hydrogens is 232 g/mol. The maximum Gasteiger partial charge on any atom is 0.413 e. The van der Waals surface area contributed by atoms with Crippen molar-refractivity contribution in [2.75, 3.05) is 4.90 Å². The first-order valence-corrected chi connectivity index (χ1v) is 5.80. The van der Waals surface area contributed by atoms with E-state index in [4.69, 9.17) is 5.26 Å². The Kier molecular flexibility index (Phi) is 4.32. The van der Waals surface area contributed by atoms with Crippen molar-refractivity contribution in [3.63, 3.8) is 0 Å². The van der Waals surface area contributed by atoms with Crippen molar-refractivity contribution in [2.24, 2.45) is 0 Å². The van der Waals surface area contributed by atoms with Gasteiger partial charge in [-0.05, 0) is 27.2 Å². The van der Waals surface area contributed by atoms with Gasteiger partial charge in [0.1, 0.15) is 5.82 Å². The first-order chi connectivity index (χ1) is 8.38. The molecule has 0 saturated heterocycles. The summed E-state index contributed by atoms with van der Waals surface area (Å²) in [5.74, 6) is 0.535. The van der Waals surface area contributed by atoms with Crippen molar-refractivity contribution in [2.45, 2.75) is 45.7 Å². The molecule has 0 aliphatic heterocycles. The number of nitriles is 1. The van der Waals surface area contributed by atoms with Gasteiger partial charge in [0.05, 0.1) is 12.3 Å². The molecular formula is C12H18N4O2. The number of amides is 1. The molecule has 98 valence electrons. The number of nitrogens with zero attached hydrogens (tertiary/aromatic N) is 4. The van der Waals surface area contributed by atoms with Crippen molar-refractivity contribution < 1.29 is 9.90 Å². The zero-order chi connectivity index (χ0) is 13.8. The lowest BCUT2D eigenvalue weighted by molar-refractivity contribution is 0.195. The van der Waals surface area contributed by atoms with Crippen LogP contribution in [-0.4, -0.2) is 26.5 Å². The molecule has 0 atom stereocenters. The molecule has 18 heavy (non-hydrogen) atoms. The molecule has 1 amide bonds. The molecule has 0 unspecified atom stereocenters. The fourth-order valence-electron chi connectivity index (χ4n) is 1.72. The van der Waals surface area contributed by atoms with Gasteiger partial charge in [0.25, 0.3) is 0 Å². The Morgan fingerprint density at radius 3 is 2.78 bits per heavy atom. The van der Waals surface area contributed by atoms with Gasteiger partial charge < -0.3 is 5.11 Å². The number of unbranched alkanes of at least 4 members (excludes halogenated alkanes) is 1. The van der Waals surface area contributed by atoms with E-state index in [-0.39, 0.29) is 0 Å². The second kappa shape index (κ2) is 5.54. The van der Waals surface area contributed by atoms with Gasteiger partial charge in [0.15, 0.2) is 0 Å². The molecule has 1 aromatic heterocycles. The molecule has 0 spiro atoms. The maximum atomic E-state index is 11.4. The van der Waals surface area contributed by atoms with Gasteiger partial charge in [-0.2, -0.15) is 10.4 Å². The Bertz CT molecular complexity index is 453. The second-order valence-corrected chi connectivity index (χ2v) is 4.96. The third-order valence-corrected chi connectivity index (χ3v) is 2.44. The van der Waals surface area contributed by atoms with Gasteiger partial charge in [0, 0.05) is 24.6 Å². The molecule has 6 nitrogen and oxygen atoms in total. The summed E-state index contributed by atoms with van der Waals surface area (Å²) < 4.78 is 1.62. The SMILES string of the molecule is CC(C)(C)N(C(=O)O)c1ccnn1CCCC#N. The molecule has 6 heteroatoms. The summed E-state index contributed by atoms with van der Waals surface area (Å²) in [6.07, 6.45) is 1.65. The van der Waals surface area contributed by atoms with Crippen LogP contribution in [0.1, 0.15) is 33.6 Å². The van der Waals surface area contributed by atoms with E-state index in [1.165, 1.54) is 4.90 Å². The molecule has 0 bridgehead atoms. The Balaban J connectivity index is 2.97. The van der Waals surface area contributed by atoms with Crippen LogP contribution in [0.2, 0.25) is 0 Å². The minimum Gasteiger partial charge on any atom is -0.465 e. The number of carbonyl (C=O) groups is 1. The van der Waals surface area contributed by atoms with Crippen molar-refractivity contribution in [1.82, 2.24) is 9.78 Å². The highest BCUT2D eigenvalue weighted by molar-refractivity contribution is 5.86. The van der Waals surface area contributed by atoms with Gasteiger partial charge in [-0.15, -0.1) is 0 Å². The Morgan fingerprint density at radius 1 is 1.61 bits per heavy atom. The minimum absolute atomic E-state index is 0.432. The van der Waals surface area contributed by atoms with Gasteiger partial charge in [0.2, 0.25) is 0 Å². The molecule has 0 aliphatic rings. The average Bonchev–Trinajstić information content (AvgIpc) is 2.64. The van der Waals surface area contributed by atoms with E-state index in [1.54, 1.807) is 16.9 Å². The summed E-state index contributed by atoms with van der Waals surface area (Å²) >= 11 is 0. The standard InChI is InChI=1S/C12H18N4O2/c1-12(2,3)16(11(17)18)10-6-8-14-15(10)9-5-4-7-13/h6,8H,4-5,9H2,1-3H3,(H,17,18). The van der Waals surface area contributed by atoms with Crippen molar-refractivity contribution in [3.05, 3.63) is 12.3 Å². The number of carboxylic acid groups (broad SMARTS) is 1. The van der Waals surface area contributed by atoms with Gasteiger partial charge in [-0.25, -0.2) is 9.48 Å². The fraction of sp³-hybridized carbons (Fsp3) is 0.583. The molecule has 0 aliphatic carbocycles. The summed E-state index contributed by atoms with van der Waals surface area (Å²) in [4.78, 5) is 12.6. The summed E-state index contributed by atoms with van der Waals surface area (Å²) in [5, 5.41) is 21.9. The van der Waals surface area contributed by atoms with Crippen LogP contribution in [0.25, 0.3) is 0 Å². The average molecular weight is 250 g/mol. The third-order valence-electron chi connectivity index (χ3n) is 2.44. The topological polar surface area (TPSA) is 82.2 Å². The van der Waals surface area contributed by atoms with Crippen molar-refractivity contribution in [1.29, 1.82) is 5.26 Å². The molecule has 0 aromatic carbocycles. The van der Waals surface area contributed by atoms with E-state index in [2.05, 4.69) is 11.2 Å². The largest absolute Gasteiger partial charge is 0.465 e. The first kappa shape index (κ1) is 14.0. The van der Waals surface area contributed by atoms with Crippen LogP contribution < -0.4 is 4.90 Å². The first-order valence-electron chi connectivity index (χ1n) is 5.80. The van der Waals surface area contributed by atoms with Crippen molar-refractivity contribution in [3.8, 4) is 6.07 Å². The number of hydrogen-bond acceptors (Lipinski definition) is 3. The highest BCUT2D eigenvalue weighted by atomic mass is 16.4. The molecule has 0 fully saturated rings. The number of rotatable bonds is 4. The lowest BCUT2D eigenvalue weighted by Crippen LogP contribution is -2.46. The van der Waals surface area contributed by atoms with Crippen LogP contribution in [0.4, 0.5) is 10.6 Å². The molecule has 1 heterocycles. The quantitative estimate of drug-likeness (QED) is 0.832. The highest BCUT2D eigenvalue weighted by Gasteiger charge is 2.30. The molecule has 0 radical (unpaired) electrons. The predicted octanol–water partition coefficient (Wildman–Crippen LogP) is 2.47. The van der Waals surface area contributed by atoms with Gasteiger partial charge >= 0.3 is 6.09 Å². The van der Waals surface area contributed by atoms with E-state index in [0.717, 1.165) is 0 Å². The summed E-state index contributed by atoms with van der Waals surface area (Å²) in [6.45, 7) is 6.02. The highest BCUT2D eigenvalue weighted by Crippen LogP contribution is 2.24. The van der Waals surface area contributed by atoms with E-state index >= 15 is 0 Å². The number of aromatic nitrogens is 2. The molecule has 1 rings (SSSR count). The normalized spacial score (nSPS) is 11.0. The third kappa shape index (κ3) is 3.23. The van der Waals surface area contributed by atoms with Crippen LogP contribution >= 0.6 is 0 Å². The van der Waals surface area contributed by atoms with Gasteiger partial charge in [-0.1, -0.05) is 0 Å². The fourth-order valence-corrected chi connectivity index (χ4v) is 1.72. The number of hydrogen-bond donors (Lipinski definition) is 1. The zero-order valence-electron chi connectivity index (χ0n) is 10.9. The maximum absolute atomic E-state index is 11.4. The number of aryl methyl sites for hydroxylation is 1. The predicted molar refractivity (Wildman–Crippen MR) is 67.3 cm³/mol. The Hall–Kier alpha value is -2.03. The minimum atomic E-state index is -1.01. The second-order valence-electron chi connectivity index (χ2n) is 4.96. The summed E-state index contributed by atoms with van der Waals surface area (Å²) in [5.41, 5.74) is -0.543. The van der Waals surface area contributed by atoms with E-state index in [9.17, 15) is 9.90 Å². The summed E-state index contributed by atoms with van der Waals surface area (Å²) in [7, 11) is 0. The van der Waals surface area contributed by atoms with Crippen LogP contribution in [0, 0.1) is 11.3 Å². The van der Waals surface area contributed by atoms with Gasteiger partial charge in [-0.3, -0.25) is 4.90 Å². The lowest BCUT2D eigenvalue weighted by Gasteiger charge is -2.33. The molecule has 1 aromatic rings. The Morgan fingerprint density at radius 2 is 2.28 bits per heavy atom. The van der Waals surface area contributed by atoms with Crippen LogP contribution in [-0.2, 0) is 6.54 Å². The smallest absolute Gasteiger partial charge is 0.413 e. The Labute approximate surface area is 106 Å². The van der Waals surface area contributed by atoms with Crippen LogP contribution in [0.15, 0.2) is 12.3 Å². The molecule has 0 saturated carbocycles. The van der Waals surface area contributed by atoms with Crippen LogP contribution in [0.3, 0.4) is 0 Å². The number of anilines is 1. The van der Waals surface area contributed by atoms with Crippen LogP contribution in [0.5, 0.6) is 0 Å². The van der Waals surface area contributed by atoms with E-state index in [1.807, 2.05) is 20.8 Å².